The van der Waals surface area contributed by atoms with Crippen molar-refractivity contribution >= 4 is 33.0 Å². The molecule has 0 bridgehead atoms. The van der Waals surface area contributed by atoms with Gasteiger partial charge >= 0.3 is 0 Å². The third kappa shape index (κ3) is 3.63. The van der Waals surface area contributed by atoms with Gasteiger partial charge in [-0.2, -0.15) is 0 Å². The van der Waals surface area contributed by atoms with Crippen LogP contribution in [0.4, 0.5) is 11.4 Å². The minimum atomic E-state index is -3.74. The Balaban J connectivity index is 2.19. The summed E-state index contributed by atoms with van der Waals surface area (Å²) >= 11 is 5.80. The second-order valence-electron chi connectivity index (χ2n) is 4.27. The molecule has 0 fully saturated rings. The summed E-state index contributed by atoms with van der Waals surface area (Å²) in [4.78, 5) is 0.0188. The van der Waals surface area contributed by atoms with Crippen molar-refractivity contribution < 1.29 is 8.42 Å². The Kier molecular flexibility index (Phi) is 4.17. The number of primary sulfonamides is 1. The Morgan fingerprint density at radius 2 is 1.75 bits per heavy atom. The summed E-state index contributed by atoms with van der Waals surface area (Å²) in [5.41, 5.74) is 7.77. The lowest BCUT2D eigenvalue weighted by Gasteiger charge is -2.11. The fourth-order valence-electron chi connectivity index (χ4n) is 1.67. The Labute approximate surface area is 122 Å². The van der Waals surface area contributed by atoms with Crippen LogP contribution in [0.1, 0.15) is 5.56 Å². The zero-order valence-corrected chi connectivity index (χ0v) is 12.1. The van der Waals surface area contributed by atoms with E-state index in [4.69, 9.17) is 22.5 Å². The Morgan fingerprint density at radius 1 is 1.10 bits per heavy atom. The molecule has 106 valence electrons. The van der Waals surface area contributed by atoms with Gasteiger partial charge < -0.3 is 11.1 Å². The molecular formula is C13H14ClN3O2S. The van der Waals surface area contributed by atoms with Crippen molar-refractivity contribution in [2.24, 2.45) is 5.14 Å². The zero-order chi connectivity index (χ0) is 14.8. The van der Waals surface area contributed by atoms with E-state index in [-0.39, 0.29) is 4.90 Å². The van der Waals surface area contributed by atoms with Gasteiger partial charge in [0, 0.05) is 11.6 Å². The summed E-state index contributed by atoms with van der Waals surface area (Å²) in [6.45, 7) is 0.495. The highest BCUT2D eigenvalue weighted by Gasteiger charge is 2.10. The third-order valence-corrected chi connectivity index (χ3v) is 3.91. The minimum Gasteiger partial charge on any atom is -0.397 e. The monoisotopic (exact) mass is 311 g/mol. The molecule has 0 aromatic heterocycles. The highest BCUT2D eigenvalue weighted by molar-refractivity contribution is 7.89. The van der Waals surface area contributed by atoms with Crippen molar-refractivity contribution in [1.82, 2.24) is 0 Å². The second kappa shape index (κ2) is 5.70. The maximum Gasteiger partial charge on any atom is 0.238 e. The van der Waals surface area contributed by atoms with E-state index in [1.807, 2.05) is 12.1 Å². The van der Waals surface area contributed by atoms with Crippen LogP contribution in [0.15, 0.2) is 47.4 Å². The second-order valence-corrected chi connectivity index (χ2v) is 6.27. The number of anilines is 2. The molecule has 0 aliphatic rings. The molecule has 0 unspecified atom stereocenters. The van der Waals surface area contributed by atoms with Crippen molar-refractivity contribution in [3.8, 4) is 0 Å². The maximum absolute atomic E-state index is 11.3. The van der Waals surface area contributed by atoms with E-state index in [2.05, 4.69) is 5.32 Å². The summed E-state index contributed by atoms with van der Waals surface area (Å²) in [7, 11) is -3.74. The average Bonchev–Trinajstić information content (AvgIpc) is 2.38. The van der Waals surface area contributed by atoms with Crippen molar-refractivity contribution in [2.75, 3.05) is 11.1 Å². The molecule has 2 rings (SSSR count). The number of rotatable bonds is 4. The summed E-state index contributed by atoms with van der Waals surface area (Å²) in [5.74, 6) is 0. The minimum absolute atomic E-state index is 0.0188. The van der Waals surface area contributed by atoms with E-state index in [0.717, 1.165) is 5.56 Å². The number of hydrogen-bond donors (Lipinski definition) is 3. The van der Waals surface area contributed by atoms with Crippen LogP contribution >= 0.6 is 11.6 Å². The smallest absolute Gasteiger partial charge is 0.238 e. The molecule has 0 saturated heterocycles. The van der Waals surface area contributed by atoms with Gasteiger partial charge in [-0.25, -0.2) is 13.6 Å². The first-order valence-corrected chi connectivity index (χ1v) is 7.69. The van der Waals surface area contributed by atoms with Crippen molar-refractivity contribution in [3.05, 3.63) is 53.1 Å². The van der Waals surface area contributed by atoms with E-state index in [1.54, 1.807) is 12.1 Å². The molecule has 7 heteroatoms. The van der Waals surface area contributed by atoms with Crippen molar-refractivity contribution in [2.45, 2.75) is 11.4 Å². The molecule has 0 amide bonds. The molecule has 2 aromatic carbocycles. The van der Waals surface area contributed by atoms with Gasteiger partial charge in [-0.15, -0.1) is 0 Å². The van der Waals surface area contributed by atoms with Crippen LogP contribution in [-0.4, -0.2) is 8.42 Å². The fraction of sp³-hybridized carbons (Fsp3) is 0.0769. The number of nitrogens with one attached hydrogen (secondary N) is 1. The predicted octanol–water partition coefficient (Wildman–Crippen LogP) is 2.18. The number of halogens is 1. The van der Waals surface area contributed by atoms with Crippen LogP contribution in [-0.2, 0) is 16.6 Å². The highest BCUT2D eigenvalue weighted by atomic mass is 35.5. The topological polar surface area (TPSA) is 98.2 Å². The lowest BCUT2D eigenvalue weighted by molar-refractivity contribution is 0.598. The van der Waals surface area contributed by atoms with Gasteiger partial charge in [-0.3, -0.25) is 0 Å². The largest absolute Gasteiger partial charge is 0.397 e. The van der Waals surface area contributed by atoms with Crippen LogP contribution in [0.3, 0.4) is 0 Å². The van der Waals surface area contributed by atoms with E-state index < -0.39 is 10.0 Å². The van der Waals surface area contributed by atoms with E-state index in [9.17, 15) is 8.42 Å². The molecule has 0 aliphatic carbocycles. The quantitative estimate of drug-likeness (QED) is 0.754. The summed E-state index contributed by atoms with van der Waals surface area (Å²) in [5, 5.41) is 8.82. The molecule has 2 aromatic rings. The van der Waals surface area contributed by atoms with Crippen molar-refractivity contribution in [1.29, 1.82) is 0 Å². The van der Waals surface area contributed by atoms with E-state index in [1.165, 1.54) is 18.2 Å². The molecule has 0 spiro atoms. The van der Waals surface area contributed by atoms with Crippen LogP contribution < -0.4 is 16.2 Å². The average molecular weight is 312 g/mol. The molecule has 0 saturated carbocycles. The highest BCUT2D eigenvalue weighted by Crippen LogP contribution is 2.23. The first-order valence-electron chi connectivity index (χ1n) is 5.77. The number of nitrogen functional groups attached to an aromatic ring is 1. The van der Waals surface area contributed by atoms with Gasteiger partial charge in [-0.05, 0) is 35.9 Å². The van der Waals surface area contributed by atoms with E-state index >= 15 is 0 Å². The lowest BCUT2D eigenvalue weighted by Crippen LogP contribution is -2.13. The van der Waals surface area contributed by atoms with Gasteiger partial charge in [0.05, 0.1) is 16.3 Å². The Hall–Kier alpha value is -1.76. The SMILES string of the molecule is Nc1ccc(S(N)(=O)=O)cc1NCc1ccc(Cl)cc1. The first-order chi connectivity index (χ1) is 9.36. The lowest BCUT2D eigenvalue weighted by atomic mass is 10.2. The first kappa shape index (κ1) is 14.6. The van der Waals surface area contributed by atoms with Gasteiger partial charge in [0.1, 0.15) is 0 Å². The molecule has 5 N–H and O–H groups in total. The van der Waals surface area contributed by atoms with Crippen LogP contribution in [0.25, 0.3) is 0 Å². The predicted molar refractivity (Wildman–Crippen MR) is 81.0 cm³/mol. The molecule has 0 heterocycles. The molecule has 0 aliphatic heterocycles. The standard InChI is InChI=1S/C13H14ClN3O2S/c14-10-3-1-9(2-4-10)8-17-13-7-11(20(16,18)19)5-6-12(13)15/h1-7,17H,8,15H2,(H2,16,18,19). The molecule has 20 heavy (non-hydrogen) atoms. The maximum atomic E-state index is 11.3. The van der Waals surface area contributed by atoms with Gasteiger partial charge in [-0.1, -0.05) is 23.7 Å². The van der Waals surface area contributed by atoms with Crippen molar-refractivity contribution in [3.63, 3.8) is 0 Å². The molecule has 0 atom stereocenters. The van der Waals surface area contributed by atoms with Gasteiger partial charge in [0.25, 0.3) is 0 Å². The number of benzene rings is 2. The van der Waals surface area contributed by atoms with E-state index in [0.29, 0.717) is 22.9 Å². The van der Waals surface area contributed by atoms with Crippen LogP contribution in [0, 0.1) is 0 Å². The third-order valence-electron chi connectivity index (χ3n) is 2.75. The van der Waals surface area contributed by atoms with Gasteiger partial charge in [0.2, 0.25) is 10.0 Å². The Bertz CT molecular complexity index is 715. The number of nitrogens with two attached hydrogens (primary N) is 2. The molecular weight excluding hydrogens is 298 g/mol. The fourth-order valence-corrected chi connectivity index (χ4v) is 2.33. The molecule has 0 radical (unpaired) electrons. The summed E-state index contributed by atoms with van der Waals surface area (Å²) in [6.07, 6.45) is 0. The van der Waals surface area contributed by atoms with Crippen LogP contribution in [0.5, 0.6) is 0 Å². The zero-order valence-electron chi connectivity index (χ0n) is 10.5. The Morgan fingerprint density at radius 3 is 2.35 bits per heavy atom. The summed E-state index contributed by atoms with van der Waals surface area (Å²) < 4.78 is 22.6. The molecule has 5 nitrogen and oxygen atoms in total. The normalized spacial score (nSPS) is 11.3. The summed E-state index contributed by atoms with van der Waals surface area (Å²) in [6, 6.07) is 11.6. The van der Waals surface area contributed by atoms with Gasteiger partial charge in [0.15, 0.2) is 0 Å². The van der Waals surface area contributed by atoms with Crippen LogP contribution in [0.2, 0.25) is 5.02 Å². The number of sulfonamides is 1. The number of hydrogen-bond acceptors (Lipinski definition) is 4.